The third-order valence-electron chi connectivity index (χ3n) is 7.17. The van der Waals surface area contributed by atoms with Gasteiger partial charge in [0.1, 0.15) is 12.4 Å². The fraction of sp³-hybridized carbons (Fsp3) is 0.423. The molecule has 1 aliphatic heterocycles. The van der Waals surface area contributed by atoms with Gasteiger partial charge in [0.25, 0.3) is 0 Å². The zero-order valence-corrected chi connectivity index (χ0v) is 18.1. The van der Waals surface area contributed by atoms with Crippen molar-refractivity contribution in [2.45, 2.75) is 26.9 Å². The van der Waals surface area contributed by atoms with Crippen LogP contribution in [0.25, 0.3) is 0 Å². The van der Waals surface area contributed by atoms with Crippen LogP contribution < -0.4 is 4.74 Å². The van der Waals surface area contributed by atoms with Crippen LogP contribution in [0.5, 0.6) is 5.75 Å². The molecule has 4 nitrogen and oxygen atoms in total. The summed E-state index contributed by atoms with van der Waals surface area (Å²) in [4.78, 5) is 12.6. The van der Waals surface area contributed by atoms with E-state index in [4.69, 9.17) is 14.2 Å². The molecule has 2 bridgehead atoms. The zero-order valence-electron chi connectivity index (χ0n) is 18.1. The monoisotopic (exact) mass is 406 g/mol. The van der Waals surface area contributed by atoms with E-state index in [1.807, 2.05) is 30.3 Å². The van der Waals surface area contributed by atoms with E-state index in [0.717, 1.165) is 11.3 Å². The number of ether oxygens (including phenoxy) is 3. The van der Waals surface area contributed by atoms with E-state index in [1.54, 1.807) is 19.2 Å². The molecule has 1 fully saturated rings. The summed E-state index contributed by atoms with van der Waals surface area (Å²) >= 11 is 0. The summed E-state index contributed by atoms with van der Waals surface area (Å²) in [6.07, 6.45) is 2.34. The first-order valence-corrected chi connectivity index (χ1v) is 10.6. The summed E-state index contributed by atoms with van der Waals surface area (Å²) in [5.74, 6) is 1.41. The first-order chi connectivity index (χ1) is 14.5. The number of methoxy groups -OCH3 is 1. The van der Waals surface area contributed by atoms with Crippen molar-refractivity contribution in [2.75, 3.05) is 20.3 Å². The lowest BCUT2D eigenvalue weighted by Crippen LogP contribution is -2.54. The molecule has 30 heavy (non-hydrogen) atoms. The van der Waals surface area contributed by atoms with Crippen LogP contribution >= 0.6 is 0 Å². The molecule has 158 valence electrons. The van der Waals surface area contributed by atoms with Crippen molar-refractivity contribution in [3.63, 3.8) is 0 Å². The van der Waals surface area contributed by atoms with Gasteiger partial charge in [0.05, 0.1) is 25.4 Å². The smallest absolute Gasteiger partial charge is 0.338 e. The number of carbonyl (C=O) groups is 1. The molecule has 1 heterocycles. The second kappa shape index (κ2) is 8.27. The summed E-state index contributed by atoms with van der Waals surface area (Å²) < 4.78 is 17.6. The molecule has 4 rings (SSSR count). The van der Waals surface area contributed by atoms with E-state index in [2.05, 4.69) is 39.0 Å². The van der Waals surface area contributed by atoms with Crippen molar-refractivity contribution in [1.29, 1.82) is 0 Å². The first-order valence-electron chi connectivity index (χ1n) is 10.6. The van der Waals surface area contributed by atoms with E-state index in [9.17, 15) is 4.79 Å². The van der Waals surface area contributed by atoms with Gasteiger partial charge in [-0.1, -0.05) is 55.8 Å². The van der Waals surface area contributed by atoms with Crippen molar-refractivity contribution in [1.82, 2.24) is 0 Å². The Balaban J connectivity index is 1.57. The maximum absolute atomic E-state index is 12.6. The van der Waals surface area contributed by atoms with Gasteiger partial charge in [-0.15, -0.1) is 0 Å². The highest BCUT2D eigenvalue weighted by Gasteiger charge is 2.54. The molecule has 2 aliphatic rings. The zero-order chi connectivity index (χ0) is 21.3. The fourth-order valence-corrected chi connectivity index (χ4v) is 5.21. The van der Waals surface area contributed by atoms with E-state index in [-0.39, 0.29) is 29.3 Å². The van der Waals surface area contributed by atoms with Crippen molar-refractivity contribution < 1.29 is 19.0 Å². The van der Waals surface area contributed by atoms with E-state index < -0.39 is 0 Å². The lowest BCUT2D eigenvalue weighted by atomic mass is 9.56. The summed E-state index contributed by atoms with van der Waals surface area (Å²) in [5, 5.41) is 0. The van der Waals surface area contributed by atoms with Gasteiger partial charge in [0.2, 0.25) is 0 Å². The maximum atomic E-state index is 12.6. The number of hydrogen-bond acceptors (Lipinski definition) is 4. The minimum Gasteiger partial charge on any atom is -0.497 e. The van der Waals surface area contributed by atoms with Gasteiger partial charge in [-0.05, 0) is 48.6 Å². The molecular formula is C26H30O4. The quantitative estimate of drug-likeness (QED) is 0.489. The number of benzene rings is 2. The predicted molar refractivity (Wildman–Crippen MR) is 116 cm³/mol. The van der Waals surface area contributed by atoms with E-state index in [0.29, 0.717) is 24.7 Å². The Morgan fingerprint density at radius 2 is 1.80 bits per heavy atom. The van der Waals surface area contributed by atoms with Crippen LogP contribution in [0.15, 0.2) is 66.2 Å². The SMILES string of the molecule is COc1ccc([C@H]2OC[C@]3(COC(=O)c4ccccc4)[C@H](C)C=C(C)[C@@H]2[C@@H]3C)cc1. The fourth-order valence-electron chi connectivity index (χ4n) is 5.21. The van der Waals surface area contributed by atoms with Crippen molar-refractivity contribution in [3.05, 3.63) is 77.4 Å². The van der Waals surface area contributed by atoms with Crippen LogP contribution in [0.4, 0.5) is 0 Å². The van der Waals surface area contributed by atoms with E-state index >= 15 is 0 Å². The normalized spacial score (nSPS) is 30.3. The lowest BCUT2D eigenvalue weighted by Gasteiger charge is -2.55. The standard InChI is InChI=1S/C26H30O4/c1-17-14-18(2)26(16-30-25(27)21-8-6-5-7-9-21)15-29-24(23(17)19(26)3)20-10-12-22(28-4)13-11-20/h5-14,18-19,23-24H,15-16H2,1-4H3/t18-,19+,23-,24-,26+/m1/s1. The second-order valence-corrected chi connectivity index (χ2v) is 8.69. The molecule has 0 aromatic heterocycles. The molecule has 4 heteroatoms. The third-order valence-corrected chi connectivity index (χ3v) is 7.17. The van der Waals surface area contributed by atoms with Gasteiger partial charge in [-0.3, -0.25) is 0 Å². The number of esters is 1. The molecular weight excluding hydrogens is 376 g/mol. The van der Waals surface area contributed by atoms with Crippen molar-refractivity contribution >= 4 is 5.97 Å². The van der Waals surface area contributed by atoms with Crippen LogP contribution in [-0.4, -0.2) is 26.3 Å². The molecule has 2 aromatic carbocycles. The molecule has 0 saturated carbocycles. The Labute approximate surface area is 178 Å². The number of hydrogen-bond donors (Lipinski definition) is 0. The van der Waals surface area contributed by atoms with Gasteiger partial charge in [0, 0.05) is 11.3 Å². The second-order valence-electron chi connectivity index (χ2n) is 8.69. The highest BCUT2D eigenvalue weighted by atomic mass is 16.5. The summed E-state index contributed by atoms with van der Waals surface area (Å²) in [6.45, 7) is 7.62. The summed E-state index contributed by atoms with van der Waals surface area (Å²) in [7, 11) is 1.68. The first kappa shape index (κ1) is 20.7. The lowest BCUT2D eigenvalue weighted by molar-refractivity contribution is -0.166. The third kappa shape index (κ3) is 3.54. The highest BCUT2D eigenvalue weighted by molar-refractivity contribution is 5.89. The van der Waals surface area contributed by atoms with E-state index in [1.165, 1.54) is 5.57 Å². The highest BCUT2D eigenvalue weighted by Crippen LogP contribution is 2.56. The van der Waals surface area contributed by atoms with Gasteiger partial charge < -0.3 is 14.2 Å². The molecule has 0 radical (unpaired) electrons. The van der Waals surface area contributed by atoms with Crippen LogP contribution in [0.1, 0.15) is 42.8 Å². The Bertz CT molecular complexity index is 918. The van der Waals surface area contributed by atoms with Crippen LogP contribution in [0.2, 0.25) is 0 Å². The average Bonchev–Trinajstić information content (AvgIpc) is 2.77. The molecule has 5 atom stereocenters. The van der Waals surface area contributed by atoms with Crippen LogP contribution in [0.3, 0.4) is 0 Å². The number of fused-ring (bicyclic) bond motifs is 2. The minimum atomic E-state index is -0.274. The van der Waals surface area contributed by atoms with Gasteiger partial charge in [-0.25, -0.2) is 4.79 Å². The topological polar surface area (TPSA) is 44.8 Å². The molecule has 0 spiro atoms. The van der Waals surface area contributed by atoms with Crippen LogP contribution in [0, 0.1) is 23.2 Å². The van der Waals surface area contributed by atoms with Gasteiger partial charge in [0.15, 0.2) is 0 Å². The molecule has 0 unspecified atom stereocenters. The Morgan fingerprint density at radius 3 is 2.47 bits per heavy atom. The number of allylic oxidation sites excluding steroid dienone is 1. The Morgan fingerprint density at radius 1 is 1.10 bits per heavy atom. The van der Waals surface area contributed by atoms with Crippen molar-refractivity contribution in [2.24, 2.45) is 23.2 Å². The van der Waals surface area contributed by atoms with Gasteiger partial charge >= 0.3 is 5.97 Å². The predicted octanol–water partition coefficient (Wildman–Crippen LogP) is 5.46. The summed E-state index contributed by atoms with van der Waals surface area (Å²) in [6, 6.07) is 17.3. The molecule has 2 aromatic rings. The Kier molecular flexibility index (Phi) is 5.70. The molecule has 0 amide bonds. The molecule has 1 saturated heterocycles. The largest absolute Gasteiger partial charge is 0.497 e. The minimum absolute atomic E-state index is 0.00685. The van der Waals surface area contributed by atoms with Gasteiger partial charge in [-0.2, -0.15) is 0 Å². The maximum Gasteiger partial charge on any atom is 0.338 e. The number of rotatable bonds is 5. The number of carbonyl (C=O) groups excluding carboxylic acids is 1. The Hall–Kier alpha value is -2.59. The van der Waals surface area contributed by atoms with Crippen molar-refractivity contribution in [3.8, 4) is 5.75 Å². The van der Waals surface area contributed by atoms with Crippen LogP contribution in [-0.2, 0) is 9.47 Å². The molecule has 0 N–H and O–H groups in total. The average molecular weight is 407 g/mol. The summed E-state index contributed by atoms with van der Waals surface area (Å²) in [5.41, 5.74) is 2.86. The molecule has 1 aliphatic carbocycles.